The van der Waals surface area contributed by atoms with Crippen LogP contribution in [0.3, 0.4) is 0 Å². The molecule has 0 N–H and O–H groups in total. The van der Waals surface area contributed by atoms with Crippen molar-refractivity contribution in [3.05, 3.63) is 11.6 Å². The van der Waals surface area contributed by atoms with E-state index in [1.165, 1.54) is 12.8 Å². The molecule has 1 aromatic rings. The van der Waals surface area contributed by atoms with E-state index in [0.29, 0.717) is 25.4 Å². The summed E-state index contributed by atoms with van der Waals surface area (Å²) in [5, 5.41) is 3.03. The molecule has 3 fully saturated rings. The summed E-state index contributed by atoms with van der Waals surface area (Å²) in [5.41, 5.74) is 0. The summed E-state index contributed by atoms with van der Waals surface area (Å²) in [6, 6.07) is 0.379. The number of hydrogen-bond donors (Lipinski definition) is 0. The van der Waals surface area contributed by atoms with Crippen LogP contribution in [0.2, 0.25) is 0 Å². The number of carbonyl (C=O) groups excluding carboxylic acids is 2. The molecule has 1 saturated carbocycles. The number of aromatic nitrogens is 1. The SMILES string of the molecule is O=C([C@H]1CCC(=O)N(C2CCCC2)C1)N1CCN(c2nccs2)CC1. The van der Waals surface area contributed by atoms with Crippen molar-refractivity contribution in [2.75, 3.05) is 37.6 Å². The first-order chi connectivity index (χ1) is 12.2. The first-order valence-corrected chi connectivity index (χ1v) is 10.3. The Morgan fingerprint density at radius 1 is 1.12 bits per heavy atom. The normalized spacial score (nSPS) is 25.7. The molecular weight excluding hydrogens is 336 g/mol. The number of piperazine rings is 1. The summed E-state index contributed by atoms with van der Waals surface area (Å²) in [4.78, 5) is 35.9. The van der Waals surface area contributed by atoms with E-state index in [0.717, 1.165) is 44.2 Å². The highest BCUT2D eigenvalue weighted by Gasteiger charge is 2.37. The van der Waals surface area contributed by atoms with E-state index < -0.39 is 0 Å². The van der Waals surface area contributed by atoms with E-state index in [1.54, 1.807) is 11.3 Å². The Bertz CT molecular complexity index is 607. The molecule has 2 aliphatic heterocycles. The third kappa shape index (κ3) is 3.52. The molecule has 0 aromatic carbocycles. The van der Waals surface area contributed by atoms with Crippen LogP contribution < -0.4 is 4.90 Å². The van der Waals surface area contributed by atoms with Crippen molar-refractivity contribution >= 4 is 28.3 Å². The van der Waals surface area contributed by atoms with E-state index in [4.69, 9.17) is 0 Å². The number of likely N-dealkylation sites (tertiary alicyclic amines) is 1. The standard InChI is InChI=1S/C18H26N4O2S/c23-16-6-5-14(13-22(16)15-3-1-2-4-15)17(24)20-8-10-21(11-9-20)18-19-7-12-25-18/h7,12,14-15H,1-6,8-11,13H2/t14-/m0/s1. The van der Waals surface area contributed by atoms with Gasteiger partial charge in [0.25, 0.3) is 0 Å². The summed E-state index contributed by atoms with van der Waals surface area (Å²) in [6.07, 6.45) is 7.73. The number of carbonyl (C=O) groups is 2. The number of piperidine rings is 1. The molecule has 0 unspecified atom stereocenters. The van der Waals surface area contributed by atoms with E-state index in [1.807, 2.05) is 21.4 Å². The largest absolute Gasteiger partial charge is 0.345 e. The predicted molar refractivity (Wildman–Crippen MR) is 97.6 cm³/mol. The van der Waals surface area contributed by atoms with Gasteiger partial charge in [-0.05, 0) is 19.3 Å². The Morgan fingerprint density at radius 2 is 1.88 bits per heavy atom. The molecule has 1 atom stereocenters. The highest BCUT2D eigenvalue weighted by atomic mass is 32.1. The highest BCUT2D eigenvalue weighted by molar-refractivity contribution is 7.13. The van der Waals surface area contributed by atoms with Gasteiger partial charge in [-0.1, -0.05) is 12.8 Å². The average molecular weight is 362 g/mol. The second kappa shape index (κ2) is 7.32. The van der Waals surface area contributed by atoms with Gasteiger partial charge < -0.3 is 14.7 Å². The Kier molecular flexibility index (Phi) is 4.92. The van der Waals surface area contributed by atoms with Crippen LogP contribution in [0.4, 0.5) is 5.13 Å². The smallest absolute Gasteiger partial charge is 0.227 e. The van der Waals surface area contributed by atoms with Gasteiger partial charge in [0, 0.05) is 56.8 Å². The maximum atomic E-state index is 13.0. The van der Waals surface area contributed by atoms with E-state index in [9.17, 15) is 9.59 Å². The number of nitrogens with zero attached hydrogens (tertiary/aromatic N) is 4. The fraction of sp³-hybridized carbons (Fsp3) is 0.722. The molecular formula is C18H26N4O2S. The number of anilines is 1. The van der Waals surface area contributed by atoms with Crippen LogP contribution >= 0.6 is 11.3 Å². The minimum Gasteiger partial charge on any atom is -0.345 e. The molecule has 1 aromatic heterocycles. The Hall–Kier alpha value is -1.63. The van der Waals surface area contributed by atoms with Crippen LogP contribution in [0.15, 0.2) is 11.6 Å². The Balaban J connectivity index is 1.34. The van der Waals surface area contributed by atoms with Crippen LogP contribution in [0.5, 0.6) is 0 Å². The number of rotatable bonds is 3. The van der Waals surface area contributed by atoms with Gasteiger partial charge in [-0.25, -0.2) is 4.98 Å². The first kappa shape index (κ1) is 16.8. The van der Waals surface area contributed by atoms with Gasteiger partial charge in [0.1, 0.15) is 0 Å². The lowest BCUT2D eigenvalue weighted by atomic mass is 9.94. The zero-order valence-electron chi connectivity index (χ0n) is 14.6. The van der Waals surface area contributed by atoms with Gasteiger partial charge in [-0.2, -0.15) is 0 Å². The molecule has 7 heteroatoms. The van der Waals surface area contributed by atoms with Crippen molar-refractivity contribution in [1.29, 1.82) is 0 Å². The minimum atomic E-state index is -0.00953. The van der Waals surface area contributed by atoms with Gasteiger partial charge in [0.2, 0.25) is 11.8 Å². The zero-order valence-corrected chi connectivity index (χ0v) is 15.4. The Labute approximate surface area is 152 Å². The van der Waals surface area contributed by atoms with Crippen LogP contribution in [0.1, 0.15) is 38.5 Å². The van der Waals surface area contributed by atoms with Crippen molar-refractivity contribution in [2.24, 2.45) is 5.92 Å². The van der Waals surface area contributed by atoms with Gasteiger partial charge >= 0.3 is 0 Å². The molecule has 0 spiro atoms. The monoisotopic (exact) mass is 362 g/mol. The molecule has 3 aliphatic rings. The molecule has 6 nitrogen and oxygen atoms in total. The fourth-order valence-electron chi connectivity index (χ4n) is 4.39. The lowest BCUT2D eigenvalue weighted by Gasteiger charge is -2.40. The molecule has 4 rings (SSSR count). The predicted octanol–water partition coefficient (Wildman–Crippen LogP) is 1.97. The van der Waals surface area contributed by atoms with Gasteiger partial charge in [-0.3, -0.25) is 9.59 Å². The van der Waals surface area contributed by atoms with E-state index >= 15 is 0 Å². The van der Waals surface area contributed by atoms with Crippen LogP contribution in [0, 0.1) is 5.92 Å². The van der Waals surface area contributed by atoms with E-state index in [-0.39, 0.29) is 17.7 Å². The molecule has 0 radical (unpaired) electrons. The van der Waals surface area contributed by atoms with Crippen molar-refractivity contribution in [3.63, 3.8) is 0 Å². The number of amides is 2. The molecule has 0 bridgehead atoms. The Morgan fingerprint density at radius 3 is 2.56 bits per heavy atom. The molecule has 1 aliphatic carbocycles. The lowest BCUT2D eigenvalue weighted by Crippen LogP contribution is -2.54. The molecule has 25 heavy (non-hydrogen) atoms. The third-order valence-electron chi connectivity index (χ3n) is 5.84. The second-order valence-corrected chi connectivity index (χ2v) is 8.22. The second-order valence-electron chi connectivity index (χ2n) is 7.35. The fourth-order valence-corrected chi connectivity index (χ4v) is 5.09. The third-order valence-corrected chi connectivity index (χ3v) is 6.67. The summed E-state index contributed by atoms with van der Waals surface area (Å²) in [7, 11) is 0. The summed E-state index contributed by atoms with van der Waals surface area (Å²) >= 11 is 1.65. The lowest BCUT2D eigenvalue weighted by molar-refractivity contribution is -0.145. The first-order valence-electron chi connectivity index (χ1n) is 9.45. The molecule has 136 valence electrons. The van der Waals surface area contributed by atoms with Crippen LogP contribution in [0.25, 0.3) is 0 Å². The molecule has 2 amide bonds. The topological polar surface area (TPSA) is 56.8 Å². The van der Waals surface area contributed by atoms with Crippen molar-refractivity contribution in [3.8, 4) is 0 Å². The highest BCUT2D eigenvalue weighted by Crippen LogP contribution is 2.29. The zero-order chi connectivity index (χ0) is 17.2. The summed E-state index contributed by atoms with van der Waals surface area (Å²) in [6.45, 7) is 3.84. The number of hydrogen-bond acceptors (Lipinski definition) is 5. The number of thiazole rings is 1. The summed E-state index contributed by atoms with van der Waals surface area (Å²) in [5.74, 6) is 0.489. The van der Waals surface area contributed by atoms with Crippen molar-refractivity contribution < 1.29 is 9.59 Å². The molecule has 2 saturated heterocycles. The van der Waals surface area contributed by atoms with Gasteiger partial charge in [0.05, 0.1) is 5.92 Å². The van der Waals surface area contributed by atoms with Crippen LogP contribution in [-0.4, -0.2) is 65.4 Å². The van der Waals surface area contributed by atoms with Gasteiger partial charge in [-0.15, -0.1) is 11.3 Å². The maximum Gasteiger partial charge on any atom is 0.227 e. The van der Waals surface area contributed by atoms with Gasteiger partial charge in [0.15, 0.2) is 5.13 Å². The summed E-state index contributed by atoms with van der Waals surface area (Å²) < 4.78 is 0. The quantitative estimate of drug-likeness (QED) is 0.825. The van der Waals surface area contributed by atoms with Crippen LogP contribution in [-0.2, 0) is 9.59 Å². The van der Waals surface area contributed by atoms with Crippen molar-refractivity contribution in [1.82, 2.24) is 14.8 Å². The van der Waals surface area contributed by atoms with Crippen molar-refractivity contribution in [2.45, 2.75) is 44.6 Å². The average Bonchev–Trinajstić information content (AvgIpc) is 3.35. The van der Waals surface area contributed by atoms with E-state index in [2.05, 4.69) is 9.88 Å². The minimum absolute atomic E-state index is 0.00953. The maximum absolute atomic E-state index is 13.0. The molecule has 3 heterocycles.